The van der Waals surface area contributed by atoms with Crippen LogP contribution in [0.4, 0.5) is 0 Å². The van der Waals surface area contributed by atoms with Crippen LogP contribution in [0.1, 0.15) is 35.6 Å². The van der Waals surface area contributed by atoms with E-state index < -0.39 is 5.97 Å². The van der Waals surface area contributed by atoms with Gasteiger partial charge in [0.05, 0.1) is 0 Å². The average Bonchev–Trinajstić information content (AvgIpc) is 2.92. The van der Waals surface area contributed by atoms with E-state index in [1.807, 2.05) is 0 Å². The molecule has 0 saturated heterocycles. The lowest BCUT2D eigenvalue weighted by molar-refractivity contribution is 0.0656. The van der Waals surface area contributed by atoms with E-state index in [1.165, 1.54) is 24.2 Å². The van der Waals surface area contributed by atoms with E-state index in [2.05, 4.69) is 14.8 Å². The fraction of sp³-hybridized carbons (Fsp3) is 0.417. The molecule has 3 heterocycles. The number of aromatic nitrogens is 3. The van der Waals surface area contributed by atoms with Crippen LogP contribution in [-0.4, -0.2) is 25.8 Å². The van der Waals surface area contributed by atoms with Gasteiger partial charge in [-0.1, -0.05) is 6.42 Å². The molecule has 0 bridgehead atoms. The van der Waals surface area contributed by atoms with E-state index in [4.69, 9.17) is 9.52 Å². The maximum Gasteiger partial charge on any atom is 0.371 e. The van der Waals surface area contributed by atoms with Crippen LogP contribution in [0.15, 0.2) is 26.8 Å². The second kappa shape index (κ2) is 5.08. The van der Waals surface area contributed by atoms with Gasteiger partial charge in [0.25, 0.3) is 0 Å². The molecule has 6 nitrogen and oxygen atoms in total. The number of aryl methyl sites for hydroxylation is 1. The van der Waals surface area contributed by atoms with Crippen LogP contribution >= 0.6 is 11.8 Å². The Hall–Kier alpha value is -1.76. The van der Waals surface area contributed by atoms with Gasteiger partial charge in [-0.25, -0.2) is 4.79 Å². The summed E-state index contributed by atoms with van der Waals surface area (Å²) in [5.74, 6) is -0.116. The largest absolute Gasteiger partial charge is 0.475 e. The summed E-state index contributed by atoms with van der Waals surface area (Å²) >= 11 is 1.32. The van der Waals surface area contributed by atoms with Crippen LogP contribution in [0.25, 0.3) is 0 Å². The number of hydrogen-bond acceptors (Lipinski definition) is 5. The number of furan rings is 1. The number of nitrogens with zero attached hydrogens (tertiary/aromatic N) is 3. The Labute approximate surface area is 113 Å². The second-order valence-corrected chi connectivity index (χ2v) is 5.36. The quantitative estimate of drug-likeness (QED) is 0.929. The fourth-order valence-electron chi connectivity index (χ4n) is 2.11. The highest BCUT2D eigenvalue weighted by Crippen LogP contribution is 2.29. The van der Waals surface area contributed by atoms with E-state index in [0.29, 0.717) is 5.09 Å². The molecule has 0 aliphatic carbocycles. The topological polar surface area (TPSA) is 81.1 Å². The maximum atomic E-state index is 10.8. The molecule has 19 heavy (non-hydrogen) atoms. The number of carboxylic acid groups (broad SMARTS) is 1. The molecule has 0 aromatic carbocycles. The summed E-state index contributed by atoms with van der Waals surface area (Å²) in [4.78, 5) is 10.8. The van der Waals surface area contributed by atoms with Gasteiger partial charge in [0.1, 0.15) is 5.82 Å². The molecule has 3 rings (SSSR count). The summed E-state index contributed by atoms with van der Waals surface area (Å²) in [5.41, 5.74) is 0. The van der Waals surface area contributed by atoms with Gasteiger partial charge >= 0.3 is 5.97 Å². The van der Waals surface area contributed by atoms with Crippen molar-refractivity contribution in [2.45, 2.75) is 42.5 Å². The van der Waals surface area contributed by atoms with Gasteiger partial charge in [-0.2, -0.15) is 0 Å². The molecule has 0 atom stereocenters. The Morgan fingerprint density at radius 3 is 3.00 bits per heavy atom. The van der Waals surface area contributed by atoms with Crippen LogP contribution in [0, 0.1) is 0 Å². The smallest absolute Gasteiger partial charge is 0.371 e. The Balaban J connectivity index is 1.82. The van der Waals surface area contributed by atoms with Gasteiger partial charge in [-0.05, 0) is 36.7 Å². The predicted octanol–water partition coefficient (Wildman–Crippen LogP) is 2.45. The van der Waals surface area contributed by atoms with Gasteiger partial charge in [0, 0.05) is 13.0 Å². The average molecular weight is 279 g/mol. The van der Waals surface area contributed by atoms with Crippen molar-refractivity contribution in [2.75, 3.05) is 0 Å². The summed E-state index contributed by atoms with van der Waals surface area (Å²) in [7, 11) is 0. The third kappa shape index (κ3) is 2.51. The molecule has 0 unspecified atom stereocenters. The molecule has 0 amide bonds. The predicted molar refractivity (Wildman–Crippen MR) is 67.4 cm³/mol. The van der Waals surface area contributed by atoms with E-state index in [1.54, 1.807) is 6.07 Å². The summed E-state index contributed by atoms with van der Waals surface area (Å²) in [6.07, 6.45) is 4.42. The minimum atomic E-state index is -1.06. The number of carbonyl (C=O) groups is 1. The third-order valence-electron chi connectivity index (χ3n) is 3.06. The van der Waals surface area contributed by atoms with Crippen molar-refractivity contribution in [3.05, 3.63) is 23.7 Å². The first kappa shape index (κ1) is 12.3. The molecule has 2 aromatic heterocycles. The fourth-order valence-corrected chi connectivity index (χ4v) is 2.95. The first-order valence-electron chi connectivity index (χ1n) is 6.17. The molecule has 0 radical (unpaired) electrons. The normalized spacial score (nSPS) is 14.9. The minimum absolute atomic E-state index is 0.0573. The zero-order valence-electron chi connectivity index (χ0n) is 10.2. The van der Waals surface area contributed by atoms with E-state index in [-0.39, 0.29) is 5.76 Å². The Morgan fingerprint density at radius 1 is 1.32 bits per heavy atom. The summed E-state index contributed by atoms with van der Waals surface area (Å²) in [6.45, 7) is 0.914. The lowest BCUT2D eigenvalue weighted by atomic mass is 10.2. The lowest BCUT2D eigenvalue weighted by Crippen LogP contribution is -2.01. The Bertz CT molecular complexity index is 605. The van der Waals surface area contributed by atoms with E-state index in [9.17, 15) is 4.79 Å². The molecule has 1 aliphatic heterocycles. The van der Waals surface area contributed by atoms with Crippen molar-refractivity contribution in [3.8, 4) is 0 Å². The highest BCUT2D eigenvalue weighted by molar-refractivity contribution is 7.99. The van der Waals surface area contributed by atoms with Gasteiger partial charge in [0.2, 0.25) is 5.76 Å². The third-order valence-corrected chi connectivity index (χ3v) is 3.96. The van der Waals surface area contributed by atoms with Gasteiger partial charge in [-0.15, -0.1) is 10.2 Å². The van der Waals surface area contributed by atoms with E-state index in [0.717, 1.165) is 36.8 Å². The van der Waals surface area contributed by atoms with Gasteiger partial charge < -0.3 is 14.1 Å². The SMILES string of the molecule is O=C(O)c1ccc(Sc2nnc3n2CCCCC3)o1. The monoisotopic (exact) mass is 279 g/mol. The van der Waals surface area contributed by atoms with Crippen LogP contribution in [0.2, 0.25) is 0 Å². The number of hydrogen-bond donors (Lipinski definition) is 1. The molecule has 0 fully saturated rings. The molecular formula is C12H13N3O3S. The zero-order chi connectivity index (χ0) is 13.2. The first-order valence-corrected chi connectivity index (χ1v) is 6.99. The molecule has 0 spiro atoms. The first-order chi connectivity index (χ1) is 9.24. The van der Waals surface area contributed by atoms with Crippen LogP contribution in [0.5, 0.6) is 0 Å². The van der Waals surface area contributed by atoms with Crippen molar-refractivity contribution >= 4 is 17.7 Å². The molecule has 100 valence electrons. The van der Waals surface area contributed by atoms with E-state index >= 15 is 0 Å². The molecule has 2 aromatic rings. The van der Waals surface area contributed by atoms with Crippen molar-refractivity contribution < 1.29 is 14.3 Å². The van der Waals surface area contributed by atoms with Crippen LogP contribution < -0.4 is 0 Å². The van der Waals surface area contributed by atoms with Crippen LogP contribution in [0.3, 0.4) is 0 Å². The van der Waals surface area contributed by atoms with Gasteiger partial charge in [0.15, 0.2) is 10.2 Å². The van der Waals surface area contributed by atoms with Crippen molar-refractivity contribution in [2.24, 2.45) is 0 Å². The molecular weight excluding hydrogens is 266 g/mol. The number of fused-ring (bicyclic) bond motifs is 1. The van der Waals surface area contributed by atoms with Gasteiger partial charge in [-0.3, -0.25) is 0 Å². The van der Waals surface area contributed by atoms with Crippen LogP contribution in [-0.2, 0) is 13.0 Å². The highest BCUT2D eigenvalue weighted by atomic mass is 32.2. The highest BCUT2D eigenvalue weighted by Gasteiger charge is 2.17. The Morgan fingerprint density at radius 2 is 2.21 bits per heavy atom. The number of rotatable bonds is 3. The number of carboxylic acids is 1. The standard InChI is InChI=1S/C12H13N3O3S/c16-11(17)8-5-6-10(18-8)19-12-14-13-9-4-2-1-3-7-15(9)12/h5-6H,1-4,7H2,(H,16,17). The second-order valence-electron chi connectivity index (χ2n) is 4.39. The molecule has 1 N–H and O–H groups in total. The maximum absolute atomic E-state index is 10.8. The minimum Gasteiger partial charge on any atom is -0.475 e. The summed E-state index contributed by atoms with van der Waals surface area (Å²) in [5, 5.41) is 18.5. The molecule has 7 heteroatoms. The zero-order valence-corrected chi connectivity index (χ0v) is 11.0. The van der Waals surface area contributed by atoms with Crippen molar-refractivity contribution in [1.29, 1.82) is 0 Å². The Kier molecular flexibility index (Phi) is 3.29. The lowest BCUT2D eigenvalue weighted by Gasteiger charge is -2.04. The summed E-state index contributed by atoms with van der Waals surface area (Å²) < 4.78 is 7.32. The van der Waals surface area contributed by atoms with Crippen molar-refractivity contribution in [1.82, 2.24) is 14.8 Å². The van der Waals surface area contributed by atoms with Crippen molar-refractivity contribution in [3.63, 3.8) is 0 Å². The molecule has 0 saturated carbocycles. The molecule has 1 aliphatic rings. The number of aromatic carboxylic acids is 1. The summed E-state index contributed by atoms with van der Waals surface area (Å²) in [6, 6.07) is 3.09.